The van der Waals surface area contributed by atoms with Gasteiger partial charge in [-0.1, -0.05) is 26.8 Å². The molecule has 0 aliphatic carbocycles. The molecule has 0 aromatic heterocycles. The molecular formula is C11H20O. The van der Waals surface area contributed by atoms with E-state index in [1.807, 2.05) is 6.08 Å². The van der Waals surface area contributed by atoms with Gasteiger partial charge in [0.15, 0.2) is 0 Å². The largest absolute Gasteiger partial charge is 0.378 e. The quantitative estimate of drug-likeness (QED) is 0.576. The zero-order chi connectivity index (χ0) is 9.19. The third kappa shape index (κ3) is 2.34. The first-order valence-corrected chi connectivity index (χ1v) is 4.76. The summed E-state index contributed by atoms with van der Waals surface area (Å²) in [5.74, 6) is 0.724. The van der Waals surface area contributed by atoms with E-state index in [0.29, 0.717) is 11.5 Å². The van der Waals surface area contributed by atoms with E-state index in [0.717, 1.165) is 18.9 Å². The van der Waals surface area contributed by atoms with E-state index in [1.165, 1.54) is 6.42 Å². The van der Waals surface area contributed by atoms with Crippen LogP contribution in [-0.2, 0) is 4.74 Å². The van der Waals surface area contributed by atoms with E-state index in [1.54, 1.807) is 0 Å². The van der Waals surface area contributed by atoms with Crippen LogP contribution in [0.1, 0.15) is 33.6 Å². The van der Waals surface area contributed by atoms with Crippen LogP contribution in [0.4, 0.5) is 0 Å². The molecule has 0 amide bonds. The fourth-order valence-corrected chi connectivity index (χ4v) is 1.66. The first-order valence-electron chi connectivity index (χ1n) is 4.76. The van der Waals surface area contributed by atoms with Gasteiger partial charge in [-0.25, -0.2) is 0 Å². The Morgan fingerprint density at radius 1 is 1.50 bits per heavy atom. The molecule has 0 N–H and O–H groups in total. The van der Waals surface area contributed by atoms with Crippen LogP contribution in [0.2, 0.25) is 0 Å². The summed E-state index contributed by atoms with van der Waals surface area (Å²) in [6.45, 7) is 11.5. The molecule has 0 aromatic rings. The maximum atomic E-state index is 5.66. The van der Waals surface area contributed by atoms with Crippen LogP contribution in [0.3, 0.4) is 0 Å². The van der Waals surface area contributed by atoms with Gasteiger partial charge in [-0.3, -0.25) is 0 Å². The monoisotopic (exact) mass is 168 g/mol. The van der Waals surface area contributed by atoms with E-state index in [2.05, 4.69) is 27.4 Å². The summed E-state index contributed by atoms with van der Waals surface area (Å²) in [7, 11) is 0. The summed E-state index contributed by atoms with van der Waals surface area (Å²) < 4.78 is 5.66. The van der Waals surface area contributed by atoms with E-state index < -0.39 is 0 Å². The van der Waals surface area contributed by atoms with Crippen molar-refractivity contribution in [3.8, 4) is 0 Å². The zero-order valence-corrected chi connectivity index (χ0v) is 8.47. The van der Waals surface area contributed by atoms with Gasteiger partial charge in [-0.2, -0.15) is 0 Å². The van der Waals surface area contributed by atoms with Crippen molar-refractivity contribution >= 4 is 0 Å². The average Bonchev–Trinajstić information content (AvgIpc) is 2.35. The van der Waals surface area contributed by atoms with Gasteiger partial charge in [-0.05, 0) is 24.2 Å². The summed E-state index contributed by atoms with van der Waals surface area (Å²) >= 11 is 0. The lowest BCUT2D eigenvalue weighted by molar-refractivity contribution is 0.0987. The van der Waals surface area contributed by atoms with Crippen molar-refractivity contribution in [1.29, 1.82) is 0 Å². The molecule has 1 heterocycles. The lowest BCUT2D eigenvalue weighted by Crippen LogP contribution is -2.20. The number of hydrogen-bond acceptors (Lipinski definition) is 1. The molecule has 70 valence electrons. The van der Waals surface area contributed by atoms with Gasteiger partial charge < -0.3 is 4.74 Å². The van der Waals surface area contributed by atoms with Crippen LogP contribution in [0, 0.1) is 11.3 Å². The molecule has 1 nitrogen and oxygen atoms in total. The fourth-order valence-electron chi connectivity index (χ4n) is 1.66. The van der Waals surface area contributed by atoms with E-state index in [4.69, 9.17) is 4.74 Å². The smallest absolute Gasteiger partial charge is 0.0613 e. The van der Waals surface area contributed by atoms with Gasteiger partial charge in [0.05, 0.1) is 12.7 Å². The first kappa shape index (κ1) is 9.79. The molecule has 1 aliphatic rings. The van der Waals surface area contributed by atoms with Gasteiger partial charge in [0.25, 0.3) is 0 Å². The summed E-state index contributed by atoms with van der Waals surface area (Å²) in [5, 5.41) is 0. The summed E-state index contributed by atoms with van der Waals surface area (Å²) in [6.07, 6.45) is 4.60. The van der Waals surface area contributed by atoms with Crippen molar-refractivity contribution in [3.63, 3.8) is 0 Å². The normalized spacial score (nSPS) is 30.6. The lowest BCUT2D eigenvalue weighted by Gasteiger charge is -2.25. The molecule has 1 saturated heterocycles. The second kappa shape index (κ2) is 3.61. The molecule has 1 rings (SSSR count). The highest BCUT2D eigenvalue weighted by Crippen LogP contribution is 2.35. The molecule has 2 unspecified atom stereocenters. The molecular weight excluding hydrogens is 148 g/mol. The molecule has 1 fully saturated rings. The topological polar surface area (TPSA) is 9.23 Å². The van der Waals surface area contributed by atoms with Gasteiger partial charge >= 0.3 is 0 Å². The Morgan fingerprint density at radius 2 is 2.17 bits per heavy atom. The maximum absolute atomic E-state index is 5.66. The standard InChI is InChI=1S/C11H20O/c1-5-6-10-7-9(8-12-10)11(2,3)4/h5,9-10H,1,6-8H2,2-4H3. The molecule has 12 heavy (non-hydrogen) atoms. The Kier molecular flexibility index (Phi) is 2.94. The Hall–Kier alpha value is -0.300. The van der Waals surface area contributed by atoms with Crippen LogP contribution < -0.4 is 0 Å². The van der Waals surface area contributed by atoms with Crippen LogP contribution >= 0.6 is 0 Å². The molecule has 0 spiro atoms. The second-order valence-corrected chi connectivity index (χ2v) is 4.78. The van der Waals surface area contributed by atoms with Gasteiger partial charge in [0, 0.05) is 0 Å². The van der Waals surface area contributed by atoms with Crippen molar-refractivity contribution in [2.75, 3.05) is 6.61 Å². The van der Waals surface area contributed by atoms with Gasteiger partial charge in [0.2, 0.25) is 0 Å². The van der Waals surface area contributed by atoms with Gasteiger partial charge in [-0.15, -0.1) is 6.58 Å². The molecule has 0 bridgehead atoms. The van der Waals surface area contributed by atoms with Crippen molar-refractivity contribution in [3.05, 3.63) is 12.7 Å². The predicted octanol–water partition coefficient (Wildman–Crippen LogP) is 3.01. The Bertz CT molecular complexity index is 155. The maximum Gasteiger partial charge on any atom is 0.0613 e. The van der Waals surface area contributed by atoms with E-state index >= 15 is 0 Å². The predicted molar refractivity (Wildman–Crippen MR) is 52.1 cm³/mol. The average molecular weight is 168 g/mol. The minimum atomic E-state index is 0.399. The number of hydrogen-bond donors (Lipinski definition) is 0. The summed E-state index contributed by atoms with van der Waals surface area (Å²) in [4.78, 5) is 0. The van der Waals surface area contributed by atoms with Crippen molar-refractivity contribution in [2.24, 2.45) is 11.3 Å². The SMILES string of the molecule is C=CCC1CC(C(C)(C)C)CO1. The third-order valence-corrected chi connectivity index (χ3v) is 2.73. The molecule has 0 saturated carbocycles. The number of rotatable bonds is 2. The fraction of sp³-hybridized carbons (Fsp3) is 0.818. The lowest BCUT2D eigenvalue weighted by atomic mass is 9.79. The minimum absolute atomic E-state index is 0.399. The van der Waals surface area contributed by atoms with Crippen molar-refractivity contribution in [2.45, 2.75) is 39.7 Å². The molecule has 2 atom stereocenters. The zero-order valence-electron chi connectivity index (χ0n) is 8.47. The molecule has 0 radical (unpaired) electrons. The minimum Gasteiger partial charge on any atom is -0.378 e. The molecule has 1 heteroatoms. The van der Waals surface area contributed by atoms with Crippen LogP contribution in [-0.4, -0.2) is 12.7 Å². The summed E-state index contributed by atoms with van der Waals surface area (Å²) in [5.41, 5.74) is 0.399. The van der Waals surface area contributed by atoms with Crippen LogP contribution in [0.25, 0.3) is 0 Å². The van der Waals surface area contributed by atoms with E-state index in [-0.39, 0.29) is 0 Å². The Labute approximate surface area is 75.8 Å². The second-order valence-electron chi connectivity index (χ2n) is 4.78. The molecule has 1 aliphatic heterocycles. The summed E-state index contributed by atoms with van der Waals surface area (Å²) in [6, 6.07) is 0. The number of ether oxygens (including phenoxy) is 1. The Morgan fingerprint density at radius 3 is 2.58 bits per heavy atom. The van der Waals surface area contributed by atoms with Crippen LogP contribution in [0.5, 0.6) is 0 Å². The molecule has 0 aromatic carbocycles. The highest BCUT2D eigenvalue weighted by Gasteiger charge is 2.32. The van der Waals surface area contributed by atoms with Crippen molar-refractivity contribution < 1.29 is 4.74 Å². The first-order chi connectivity index (χ1) is 5.54. The van der Waals surface area contributed by atoms with Crippen LogP contribution in [0.15, 0.2) is 12.7 Å². The highest BCUT2D eigenvalue weighted by molar-refractivity contribution is 4.85. The van der Waals surface area contributed by atoms with Gasteiger partial charge in [0.1, 0.15) is 0 Å². The Balaban J connectivity index is 2.40. The highest BCUT2D eigenvalue weighted by atomic mass is 16.5. The third-order valence-electron chi connectivity index (χ3n) is 2.73. The van der Waals surface area contributed by atoms with E-state index in [9.17, 15) is 0 Å². The van der Waals surface area contributed by atoms with Crippen molar-refractivity contribution in [1.82, 2.24) is 0 Å².